The van der Waals surface area contributed by atoms with Gasteiger partial charge in [-0.3, -0.25) is 4.79 Å². The molecule has 1 unspecified atom stereocenters. The van der Waals surface area contributed by atoms with Crippen LogP contribution in [0.25, 0.3) is 0 Å². The molecule has 1 rings (SSSR count). The molecule has 3 heteroatoms. The summed E-state index contributed by atoms with van der Waals surface area (Å²) < 4.78 is 0. The molecule has 19 heavy (non-hydrogen) atoms. The van der Waals surface area contributed by atoms with Crippen LogP contribution in [0, 0.1) is 18.8 Å². The Morgan fingerprint density at radius 1 is 1.47 bits per heavy atom. The molecule has 0 aliphatic rings. The largest absolute Gasteiger partial charge is 0.350 e. The van der Waals surface area contributed by atoms with E-state index in [0.29, 0.717) is 12.1 Å². The summed E-state index contributed by atoms with van der Waals surface area (Å²) in [5, 5.41) is 2.99. The molecule has 0 radical (unpaired) electrons. The van der Waals surface area contributed by atoms with Crippen molar-refractivity contribution in [3.63, 3.8) is 0 Å². The van der Waals surface area contributed by atoms with Crippen molar-refractivity contribution in [2.24, 2.45) is 5.73 Å². The van der Waals surface area contributed by atoms with Gasteiger partial charge in [-0.25, -0.2) is 0 Å². The highest BCUT2D eigenvalue weighted by molar-refractivity contribution is 5.94. The number of hydrogen-bond donors (Lipinski definition) is 2. The van der Waals surface area contributed by atoms with Gasteiger partial charge in [-0.15, -0.1) is 0 Å². The third-order valence-electron chi connectivity index (χ3n) is 2.92. The van der Waals surface area contributed by atoms with E-state index in [1.165, 1.54) is 0 Å². The van der Waals surface area contributed by atoms with E-state index in [9.17, 15) is 4.79 Å². The van der Waals surface area contributed by atoms with E-state index < -0.39 is 0 Å². The van der Waals surface area contributed by atoms with Crippen LogP contribution in [-0.2, 0) is 0 Å². The van der Waals surface area contributed by atoms with Gasteiger partial charge in [0.15, 0.2) is 0 Å². The topological polar surface area (TPSA) is 55.1 Å². The number of hydrogen-bond acceptors (Lipinski definition) is 2. The first-order chi connectivity index (χ1) is 9.08. The number of nitrogens with one attached hydrogen (secondary N) is 1. The van der Waals surface area contributed by atoms with E-state index in [1.54, 1.807) is 0 Å². The molecule has 102 valence electrons. The Bertz CT molecular complexity index is 497. The lowest BCUT2D eigenvalue weighted by Gasteiger charge is -2.13. The van der Waals surface area contributed by atoms with E-state index in [1.807, 2.05) is 32.0 Å². The summed E-state index contributed by atoms with van der Waals surface area (Å²) in [4.78, 5) is 12.1. The van der Waals surface area contributed by atoms with Crippen LogP contribution in [0.15, 0.2) is 18.2 Å². The number of rotatable bonds is 4. The van der Waals surface area contributed by atoms with Crippen molar-refractivity contribution < 1.29 is 4.79 Å². The maximum Gasteiger partial charge on any atom is 0.251 e. The molecule has 0 fully saturated rings. The van der Waals surface area contributed by atoms with Crippen molar-refractivity contribution in [3.8, 4) is 11.8 Å². The molecule has 1 aromatic carbocycles. The highest BCUT2D eigenvalue weighted by atomic mass is 16.1. The normalized spacial score (nSPS) is 11.4. The molecular formula is C16H22N2O. The summed E-state index contributed by atoms with van der Waals surface area (Å²) in [7, 11) is 0. The molecule has 3 nitrogen and oxygen atoms in total. The average Bonchev–Trinajstić information content (AvgIpc) is 2.37. The van der Waals surface area contributed by atoms with Gasteiger partial charge in [-0.2, -0.15) is 0 Å². The molecule has 1 atom stereocenters. The minimum Gasteiger partial charge on any atom is -0.350 e. The molecule has 1 amide bonds. The van der Waals surface area contributed by atoms with Gasteiger partial charge >= 0.3 is 0 Å². The Kier molecular flexibility index (Phi) is 6.11. The minimum atomic E-state index is -0.0447. The number of carbonyl (C=O) groups is 1. The molecule has 0 heterocycles. The second-order valence-corrected chi connectivity index (χ2v) is 4.70. The Morgan fingerprint density at radius 3 is 2.84 bits per heavy atom. The molecule has 0 spiro atoms. The fourth-order valence-corrected chi connectivity index (χ4v) is 1.86. The zero-order valence-electron chi connectivity index (χ0n) is 11.9. The van der Waals surface area contributed by atoms with E-state index in [4.69, 9.17) is 5.73 Å². The van der Waals surface area contributed by atoms with Crippen molar-refractivity contribution in [1.82, 2.24) is 5.32 Å². The van der Waals surface area contributed by atoms with Gasteiger partial charge in [0.25, 0.3) is 5.91 Å². The highest BCUT2D eigenvalue weighted by Gasteiger charge is 2.10. The monoisotopic (exact) mass is 258 g/mol. The molecular weight excluding hydrogens is 236 g/mol. The first kappa shape index (κ1) is 15.3. The van der Waals surface area contributed by atoms with Crippen molar-refractivity contribution in [1.29, 1.82) is 0 Å². The van der Waals surface area contributed by atoms with Gasteiger partial charge in [0.1, 0.15) is 0 Å². The number of benzene rings is 1. The van der Waals surface area contributed by atoms with Gasteiger partial charge < -0.3 is 11.1 Å². The third-order valence-corrected chi connectivity index (χ3v) is 2.92. The van der Waals surface area contributed by atoms with Crippen molar-refractivity contribution in [2.45, 2.75) is 39.7 Å². The maximum absolute atomic E-state index is 12.1. The fourth-order valence-electron chi connectivity index (χ4n) is 1.86. The molecule has 0 saturated heterocycles. The lowest BCUT2D eigenvalue weighted by atomic mass is 10.0. The fraction of sp³-hybridized carbons (Fsp3) is 0.438. The van der Waals surface area contributed by atoms with Gasteiger partial charge in [0, 0.05) is 17.2 Å². The van der Waals surface area contributed by atoms with Crippen LogP contribution >= 0.6 is 0 Å². The van der Waals surface area contributed by atoms with Crippen LogP contribution in [0.3, 0.4) is 0 Å². The Hall–Kier alpha value is -1.79. The first-order valence-corrected chi connectivity index (χ1v) is 6.69. The lowest BCUT2D eigenvalue weighted by molar-refractivity contribution is 0.0938. The first-order valence-electron chi connectivity index (χ1n) is 6.69. The van der Waals surface area contributed by atoms with E-state index in [-0.39, 0.29) is 11.9 Å². The van der Waals surface area contributed by atoms with Crippen molar-refractivity contribution >= 4 is 5.91 Å². The van der Waals surface area contributed by atoms with Crippen LogP contribution in [0.5, 0.6) is 0 Å². The van der Waals surface area contributed by atoms with E-state index >= 15 is 0 Å². The summed E-state index contributed by atoms with van der Waals surface area (Å²) >= 11 is 0. The quantitative estimate of drug-likeness (QED) is 0.814. The Morgan fingerprint density at radius 2 is 2.21 bits per heavy atom. The number of aryl methyl sites for hydroxylation is 1. The standard InChI is InChI=1S/C16H22N2O/c1-4-6-13(3)18-16(19)15-9-8-12(2)14(11-15)7-5-10-17/h8-9,11,13H,4,6,10,17H2,1-3H3,(H,18,19). The minimum absolute atomic E-state index is 0.0447. The number of amides is 1. The SMILES string of the molecule is CCCC(C)NC(=O)c1ccc(C)c(C#CCN)c1. The predicted octanol–water partition coefficient (Wildman–Crippen LogP) is 2.22. The molecule has 3 N–H and O–H groups in total. The van der Waals surface area contributed by atoms with Crippen LogP contribution in [0.1, 0.15) is 48.2 Å². The third kappa shape index (κ3) is 4.76. The summed E-state index contributed by atoms with van der Waals surface area (Å²) in [6.07, 6.45) is 2.04. The molecule has 0 bridgehead atoms. The van der Waals surface area contributed by atoms with E-state index in [0.717, 1.165) is 24.0 Å². The maximum atomic E-state index is 12.1. The molecule has 0 aromatic heterocycles. The van der Waals surface area contributed by atoms with Crippen LogP contribution in [-0.4, -0.2) is 18.5 Å². The Balaban J connectivity index is 2.86. The van der Waals surface area contributed by atoms with Gasteiger partial charge in [0.05, 0.1) is 6.54 Å². The number of nitrogens with two attached hydrogens (primary N) is 1. The Labute approximate surface area is 115 Å². The second kappa shape index (κ2) is 7.60. The van der Waals surface area contributed by atoms with Gasteiger partial charge in [0.2, 0.25) is 0 Å². The van der Waals surface area contributed by atoms with Crippen LogP contribution in [0.4, 0.5) is 0 Å². The summed E-state index contributed by atoms with van der Waals surface area (Å²) in [6.45, 7) is 6.42. The molecule has 0 saturated carbocycles. The van der Waals surface area contributed by atoms with Gasteiger partial charge in [-0.1, -0.05) is 31.3 Å². The average molecular weight is 258 g/mol. The second-order valence-electron chi connectivity index (χ2n) is 4.70. The summed E-state index contributed by atoms with van der Waals surface area (Å²) in [6, 6.07) is 5.76. The van der Waals surface area contributed by atoms with Crippen LogP contribution < -0.4 is 11.1 Å². The molecule has 0 aliphatic heterocycles. The van der Waals surface area contributed by atoms with Crippen LogP contribution in [0.2, 0.25) is 0 Å². The van der Waals surface area contributed by atoms with E-state index in [2.05, 4.69) is 24.1 Å². The zero-order valence-corrected chi connectivity index (χ0v) is 11.9. The van der Waals surface area contributed by atoms with Crippen molar-refractivity contribution in [2.75, 3.05) is 6.54 Å². The summed E-state index contributed by atoms with van der Waals surface area (Å²) in [5.74, 6) is 5.77. The lowest BCUT2D eigenvalue weighted by Crippen LogP contribution is -2.32. The zero-order chi connectivity index (χ0) is 14.3. The molecule has 0 aliphatic carbocycles. The summed E-state index contributed by atoms with van der Waals surface area (Å²) in [5.41, 5.74) is 7.94. The molecule has 1 aromatic rings. The van der Waals surface area contributed by atoms with Crippen molar-refractivity contribution in [3.05, 3.63) is 34.9 Å². The number of carbonyl (C=O) groups excluding carboxylic acids is 1. The highest BCUT2D eigenvalue weighted by Crippen LogP contribution is 2.10. The predicted molar refractivity (Wildman–Crippen MR) is 78.9 cm³/mol. The van der Waals surface area contributed by atoms with Gasteiger partial charge in [-0.05, 0) is 38.0 Å². The smallest absolute Gasteiger partial charge is 0.251 e.